The number of pyridine rings is 1. The summed E-state index contributed by atoms with van der Waals surface area (Å²) in [5.74, 6) is -0.0635. The lowest BCUT2D eigenvalue weighted by atomic mass is 9.80. The Hall–Kier alpha value is -1.62. The molecule has 0 saturated carbocycles. The second-order valence-corrected chi connectivity index (χ2v) is 5.01. The van der Waals surface area contributed by atoms with Gasteiger partial charge in [-0.05, 0) is 18.1 Å². The third kappa shape index (κ3) is 2.10. The van der Waals surface area contributed by atoms with E-state index in [1.165, 1.54) is 0 Å². The van der Waals surface area contributed by atoms with Gasteiger partial charge in [0.25, 0.3) is 5.91 Å². The summed E-state index contributed by atoms with van der Waals surface area (Å²) in [7, 11) is 0. The molecular weight excluding hydrogens is 216 g/mol. The van der Waals surface area contributed by atoms with Crippen molar-refractivity contribution in [1.29, 1.82) is 0 Å². The lowest BCUT2D eigenvalue weighted by Gasteiger charge is -2.51. The molecule has 1 aliphatic heterocycles. The smallest absolute Gasteiger partial charge is 0.267 e. The van der Waals surface area contributed by atoms with Gasteiger partial charge in [-0.2, -0.15) is 0 Å². The first-order valence-electron chi connectivity index (χ1n) is 5.72. The van der Waals surface area contributed by atoms with Gasteiger partial charge in [0.05, 0.1) is 5.54 Å². The molecule has 0 spiro atoms. The lowest BCUT2D eigenvalue weighted by molar-refractivity contribution is 0.0995. The van der Waals surface area contributed by atoms with E-state index in [0.717, 1.165) is 18.8 Å². The summed E-state index contributed by atoms with van der Waals surface area (Å²) in [5.41, 5.74) is 12.5. The van der Waals surface area contributed by atoms with Crippen molar-refractivity contribution in [3.05, 3.63) is 24.0 Å². The van der Waals surface area contributed by atoms with Gasteiger partial charge in [-0.15, -0.1) is 0 Å². The highest BCUT2D eigenvalue weighted by Gasteiger charge is 2.42. The van der Waals surface area contributed by atoms with Crippen molar-refractivity contribution in [2.24, 2.45) is 17.4 Å². The Morgan fingerprint density at radius 3 is 2.71 bits per heavy atom. The van der Waals surface area contributed by atoms with Crippen LogP contribution in [-0.4, -0.2) is 29.5 Å². The summed E-state index contributed by atoms with van der Waals surface area (Å²) in [6.07, 6.45) is 1.60. The van der Waals surface area contributed by atoms with Gasteiger partial charge in [0.15, 0.2) is 0 Å². The molecule has 4 N–H and O–H groups in total. The van der Waals surface area contributed by atoms with E-state index < -0.39 is 5.91 Å². The maximum Gasteiger partial charge on any atom is 0.267 e. The Balaban J connectivity index is 2.11. The molecule has 1 saturated heterocycles. The largest absolute Gasteiger partial charge is 0.368 e. The van der Waals surface area contributed by atoms with Gasteiger partial charge in [0.1, 0.15) is 5.69 Å². The van der Waals surface area contributed by atoms with Crippen LogP contribution in [0.2, 0.25) is 0 Å². The molecule has 1 fully saturated rings. The fourth-order valence-corrected chi connectivity index (χ4v) is 1.96. The maximum atomic E-state index is 11.0. The van der Waals surface area contributed by atoms with E-state index in [-0.39, 0.29) is 5.54 Å². The molecule has 1 aromatic heterocycles. The molecule has 0 aromatic carbocycles. The van der Waals surface area contributed by atoms with Gasteiger partial charge < -0.3 is 16.4 Å². The van der Waals surface area contributed by atoms with Crippen molar-refractivity contribution < 1.29 is 4.79 Å². The SMILES string of the molecule is CC(C)C1(N)CN(c2ccnc(C(N)=O)c2)C1. The third-order valence-corrected chi connectivity index (χ3v) is 3.48. The molecule has 0 atom stereocenters. The second kappa shape index (κ2) is 4.00. The van der Waals surface area contributed by atoms with Crippen molar-refractivity contribution in [2.45, 2.75) is 19.4 Å². The number of primary amides is 1. The van der Waals surface area contributed by atoms with Crippen molar-refractivity contribution in [3.8, 4) is 0 Å². The van der Waals surface area contributed by atoms with Crippen LogP contribution < -0.4 is 16.4 Å². The highest BCUT2D eigenvalue weighted by atomic mass is 16.1. The van der Waals surface area contributed by atoms with Crippen LogP contribution in [0, 0.1) is 5.92 Å². The van der Waals surface area contributed by atoms with E-state index in [9.17, 15) is 4.79 Å². The molecule has 5 heteroatoms. The second-order valence-electron chi connectivity index (χ2n) is 5.01. The van der Waals surface area contributed by atoms with Crippen LogP contribution in [0.25, 0.3) is 0 Å². The number of carbonyl (C=O) groups excluding carboxylic acids is 1. The number of hydrogen-bond donors (Lipinski definition) is 2. The van der Waals surface area contributed by atoms with Crippen LogP contribution in [0.4, 0.5) is 5.69 Å². The average Bonchev–Trinajstić information content (AvgIpc) is 2.24. The van der Waals surface area contributed by atoms with Gasteiger partial charge in [0.2, 0.25) is 0 Å². The van der Waals surface area contributed by atoms with E-state index in [4.69, 9.17) is 11.5 Å². The molecule has 2 heterocycles. The number of nitrogens with zero attached hydrogens (tertiary/aromatic N) is 2. The lowest BCUT2D eigenvalue weighted by Crippen LogP contribution is -2.70. The summed E-state index contributed by atoms with van der Waals surface area (Å²) in [6.45, 7) is 5.84. The Morgan fingerprint density at radius 1 is 1.53 bits per heavy atom. The fraction of sp³-hybridized carbons (Fsp3) is 0.500. The Bertz CT molecular complexity index is 438. The number of carbonyl (C=O) groups is 1. The number of amides is 1. The summed E-state index contributed by atoms with van der Waals surface area (Å²) in [5, 5.41) is 0. The minimum Gasteiger partial charge on any atom is -0.368 e. The summed E-state index contributed by atoms with van der Waals surface area (Å²) >= 11 is 0. The molecule has 0 radical (unpaired) electrons. The van der Waals surface area contributed by atoms with Gasteiger partial charge in [-0.1, -0.05) is 13.8 Å². The fourth-order valence-electron chi connectivity index (χ4n) is 1.96. The monoisotopic (exact) mass is 234 g/mol. The molecule has 92 valence electrons. The Kier molecular flexibility index (Phi) is 2.79. The van der Waals surface area contributed by atoms with E-state index in [2.05, 4.69) is 23.7 Å². The quantitative estimate of drug-likeness (QED) is 0.790. The van der Waals surface area contributed by atoms with Gasteiger partial charge in [0, 0.05) is 25.0 Å². The standard InChI is InChI=1S/C12H18N4O/c1-8(2)12(14)6-16(7-12)9-3-4-15-10(5-9)11(13)17/h3-5,8H,6-7,14H2,1-2H3,(H2,13,17). The molecule has 1 aromatic rings. The van der Waals surface area contributed by atoms with Gasteiger partial charge >= 0.3 is 0 Å². The number of rotatable bonds is 3. The van der Waals surface area contributed by atoms with Crippen LogP contribution >= 0.6 is 0 Å². The topological polar surface area (TPSA) is 85.2 Å². The highest BCUT2D eigenvalue weighted by Crippen LogP contribution is 2.30. The molecule has 2 rings (SSSR count). The molecule has 0 aliphatic carbocycles. The highest BCUT2D eigenvalue weighted by molar-refractivity contribution is 5.91. The number of nitrogens with two attached hydrogens (primary N) is 2. The average molecular weight is 234 g/mol. The number of hydrogen-bond acceptors (Lipinski definition) is 4. The predicted octanol–water partition coefficient (Wildman–Crippen LogP) is 0.354. The van der Waals surface area contributed by atoms with E-state index in [1.54, 1.807) is 12.3 Å². The van der Waals surface area contributed by atoms with E-state index >= 15 is 0 Å². The first kappa shape index (κ1) is 11.9. The van der Waals surface area contributed by atoms with Crippen LogP contribution in [0.15, 0.2) is 18.3 Å². The van der Waals surface area contributed by atoms with E-state index in [0.29, 0.717) is 11.6 Å². The van der Waals surface area contributed by atoms with E-state index in [1.807, 2.05) is 6.07 Å². The first-order valence-corrected chi connectivity index (χ1v) is 5.72. The summed E-state index contributed by atoms with van der Waals surface area (Å²) < 4.78 is 0. The third-order valence-electron chi connectivity index (χ3n) is 3.48. The molecule has 1 aliphatic rings. The van der Waals surface area contributed by atoms with Crippen molar-refractivity contribution >= 4 is 11.6 Å². The van der Waals surface area contributed by atoms with Crippen LogP contribution in [-0.2, 0) is 0 Å². The van der Waals surface area contributed by atoms with Crippen molar-refractivity contribution in [1.82, 2.24) is 4.98 Å². The minimum atomic E-state index is -0.504. The normalized spacial score (nSPS) is 18.0. The Labute approximate surface area is 101 Å². The number of aromatic nitrogens is 1. The maximum absolute atomic E-state index is 11.0. The molecule has 0 unspecified atom stereocenters. The summed E-state index contributed by atoms with van der Waals surface area (Å²) in [4.78, 5) is 17.1. The van der Waals surface area contributed by atoms with Crippen LogP contribution in [0.5, 0.6) is 0 Å². The predicted molar refractivity (Wildman–Crippen MR) is 66.7 cm³/mol. The van der Waals surface area contributed by atoms with Crippen LogP contribution in [0.3, 0.4) is 0 Å². The van der Waals surface area contributed by atoms with Crippen LogP contribution in [0.1, 0.15) is 24.3 Å². The van der Waals surface area contributed by atoms with Crippen molar-refractivity contribution in [2.75, 3.05) is 18.0 Å². The van der Waals surface area contributed by atoms with Gasteiger partial charge in [-0.25, -0.2) is 0 Å². The molecule has 1 amide bonds. The van der Waals surface area contributed by atoms with Gasteiger partial charge in [-0.3, -0.25) is 9.78 Å². The Morgan fingerprint density at radius 2 is 2.18 bits per heavy atom. The number of anilines is 1. The minimum absolute atomic E-state index is 0.129. The molecule has 5 nitrogen and oxygen atoms in total. The zero-order valence-corrected chi connectivity index (χ0v) is 10.2. The zero-order chi connectivity index (χ0) is 12.6. The first-order chi connectivity index (χ1) is 7.92. The zero-order valence-electron chi connectivity index (χ0n) is 10.2. The van der Waals surface area contributed by atoms with Crippen molar-refractivity contribution in [3.63, 3.8) is 0 Å². The summed E-state index contributed by atoms with van der Waals surface area (Å²) in [6, 6.07) is 3.58. The molecular formula is C12H18N4O. The molecule has 17 heavy (non-hydrogen) atoms. The molecule has 0 bridgehead atoms.